The van der Waals surface area contributed by atoms with Crippen LogP contribution < -0.4 is 10.1 Å². The Kier molecular flexibility index (Phi) is 5.37. The Labute approximate surface area is 179 Å². The van der Waals surface area contributed by atoms with E-state index in [1.165, 1.54) is 10.9 Å². The van der Waals surface area contributed by atoms with Gasteiger partial charge in [0.05, 0.1) is 18.3 Å². The molecule has 7 heteroatoms. The molecular formula is C24H21N5O2. The average molecular weight is 411 g/mol. The smallest absolute Gasteiger partial charge is 0.256 e. The van der Waals surface area contributed by atoms with Gasteiger partial charge in [-0.15, -0.1) is 0 Å². The van der Waals surface area contributed by atoms with Crippen molar-refractivity contribution in [2.24, 2.45) is 0 Å². The van der Waals surface area contributed by atoms with Crippen molar-refractivity contribution in [1.82, 2.24) is 14.8 Å². The lowest BCUT2D eigenvalue weighted by Gasteiger charge is -2.12. The fraction of sp³-hybridized carbons (Fsp3) is 0.167. The van der Waals surface area contributed by atoms with Crippen molar-refractivity contribution in [2.45, 2.75) is 20.8 Å². The number of nitriles is 1. The summed E-state index contributed by atoms with van der Waals surface area (Å²) in [7, 11) is 0. The average Bonchev–Trinajstić information content (AvgIpc) is 3.17. The summed E-state index contributed by atoms with van der Waals surface area (Å²) in [5.41, 5.74) is 3.62. The SMILES string of the molecule is CCOc1ccc(C(=O)Nc2c(C#N)cnn2-c2cc(C)c3cccc(C)c3n2)cc1. The van der Waals surface area contributed by atoms with Gasteiger partial charge >= 0.3 is 0 Å². The molecule has 0 fully saturated rings. The fourth-order valence-corrected chi connectivity index (χ4v) is 3.43. The predicted molar refractivity (Wildman–Crippen MR) is 119 cm³/mol. The highest BCUT2D eigenvalue weighted by molar-refractivity contribution is 6.04. The molecule has 0 saturated heterocycles. The molecule has 7 nitrogen and oxygen atoms in total. The van der Waals surface area contributed by atoms with Gasteiger partial charge in [0.25, 0.3) is 5.91 Å². The highest BCUT2D eigenvalue weighted by atomic mass is 16.5. The molecular weight excluding hydrogens is 390 g/mol. The van der Waals surface area contributed by atoms with E-state index in [1.54, 1.807) is 24.3 Å². The molecule has 4 rings (SSSR count). The van der Waals surface area contributed by atoms with E-state index in [-0.39, 0.29) is 17.3 Å². The van der Waals surface area contributed by atoms with Crippen LogP contribution in [0.4, 0.5) is 5.82 Å². The van der Waals surface area contributed by atoms with Crippen molar-refractivity contribution in [2.75, 3.05) is 11.9 Å². The monoisotopic (exact) mass is 411 g/mol. The Bertz CT molecular complexity index is 1320. The maximum atomic E-state index is 12.8. The normalized spacial score (nSPS) is 10.6. The molecule has 2 heterocycles. The third-order valence-corrected chi connectivity index (χ3v) is 5.00. The van der Waals surface area contributed by atoms with Gasteiger partial charge in [0.2, 0.25) is 0 Å². The lowest BCUT2D eigenvalue weighted by atomic mass is 10.1. The summed E-state index contributed by atoms with van der Waals surface area (Å²) in [6.45, 7) is 6.44. The van der Waals surface area contributed by atoms with Gasteiger partial charge in [0.15, 0.2) is 11.6 Å². The second-order valence-electron chi connectivity index (χ2n) is 7.11. The third-order valence-electron chi connectivity index (χ3n) is 5.00. The number of fused-ring (bicyclic) bond motifs is 1. The maximum absolute atomic E-state index is 12.8. The van der Waals surface area contributed by atoms with Crippen LogP contribution in [0.25, 0.3) is 16.7 Å². The zero-order valence-corrected chi connectivity index (χ0v) is 17.5. The molecule has 0 bridgehead atoms. The van der Waals surface area contributed by atoms with Crippen LogP contribution in [-0.4, -0.2) is 27.3 Å². The highest BCUT2D eigenvalue weighted by Crippen LogP contribution is 2.25. The Balaban J connectivity index is 1.73. The number of para-hydroxylation sites is 1. The number of ether oxygens (including phenoxy) is 1. The van der Waals surface area contributed by atoms with Gasteiger partial charge in [-0.3, -0.25) is 4.79 Å². The summed E-state index contributed by atoms with van der Waals surface area (Å²) in [6, 6.07) is 16.8. The molecule has 1 N–H and O–H groups in total. The maximum Gasteiger partial charge on any atom is 0.256 e. The summed E-state index contributed by atoms with van der Waals surface area (Å²) in [5.74, 6) is 1.15. The van der Waals surface area contributed by atoms with E-state index in [0.717, 1.165) is 22.0 Å². The van der Waals surface area contributed by atoms with Crippen molar-refractivity contribution in [3.8, 4) is 17.6 Å². The topological polar surface area (TPSA) is 92.8 Å². The largest absolute Gasteiger partial charge is 0.494 e. The first kappa shape index (κ1) is 20.1. The number of hydrogen-bond acceptors (Lipinski definition) is 5. The Morgan fingerprint density at radius 2 is 1.94 bits per heavy atom. The summed E-state index contributed by atoms with van der Waals surface area (Å²) < 4.78 is 6.91. The quantitative estimate of drug-likeness (QED) is 0.520. The van der Waals surface area contributed by atoms with Gasteiger partial charge in [-0.1, -0.05) is 18.2 Å². The van der Waals surface area contributed by atoms with Crippen molar-refractivity contribution < 1.29 is 9.53 Å². The zero-order chi connectivity index (χ0) is 22.0. The van der Waals surface area contributed by atoms with E-state index in [2.05, 4.69) is 16.5 Å². The second kappa shape index (κ2) is 8.28. The van der Waals surface area contributed by atoms with Gasteiger partial charge in [-0.25, -0.2) is 4.98 Å². The number of pyridine rings is 1. The van der Waals surface area contributed by atoms with Crippen LogP contribution in [0.15, 0.2) is 54.7 Å². The number of anilines is 1. The van der Waals surface area contributed by atoms with Crippen LogP contribution in [0.2, 0.25) is 0 Å². The summed E-state index contributed by atoms with van der Waals surface area (Å²) >= 11 is 0. The number of nitrogens with zero attached hydrogens (tertiary/aromatic N) is 4. The molecule has 0 spiro atoms. The molecule has 4 aromatic rings. The highest BCUT2D eigenvalue weighted by Gasteiger charge is 2.18. The molecule has 154 valence electrons. The first-order valence-electron chi connectivity index (χ1n) is 9.91. The molecule has 2 aromatic heterocycles. The van der Waals surface area contributed by atoms with Crippen molar-refractivity contribution in [3.05, 3.63) is 77.0 Å². The van der Waals surface area contributed by atoms with Crippen LogP contribution in [0.1, 0.15) is 34.0 Å². The number of rotatable bonds is 5. The van der Waals surface area contributed by atoms with Crippen molar-refractivity contribution in [1.29, 1.82) is 5.26 Å². The van der Waals surface area contributed by atoms with Crippen molar-refractivity contribution in [3.63, 3.8) is 0 Å². The number of carbonyl (C=O) groups excluding carboxylic acids is 1. The number of hydrogen-bond donors (Lipinski definition) is 1. The number of aromatic nitrogens is 3. The van der Waals surface area contributed by atoms with E-state index in [1.807, 2.05) is 45.0 Å². The van der Waals surface area contributed by atoms with Gasteiger partial charge in [-0.2, -0.15) is 15.0 Å². The van der Waals surface area contributed by atoms with E-state index in [0.29, 0.717) is 23.7 Å². The van der Waals surface area contributed by atoms with Crippen LogP contribution >= 0.6 is 0 Å². The molecule has 0 aliphatic rings. The standard InChI is InChI=1S/C24H21N5O2/c1-4-31-19-10-8-17(9-11-19)24(30)28-23-18(13-25)14-26-29(23)21-12-16(3)20-7-5-6-15(2)22(20)27-21/h5-12,14H,4H2,1-3H3,(H,28,30). The molecule has 1 amide bonds. The number of nitrogens with one attached hydrogen (secondary N) is 1. The van der Waals surface area contributed by atoms with Gasteiger partial charge in [0.1, 0.15) is 17.4 Å². The first-order valence-corrected chi connectivity index (χ1v) is 9.91. The molecule has 0 atom stereocenters. The number of carbonyl (C=O) groups is 1. The number of benzene rings is 2. The van der Waals surface area contributed by atoms with Crippen LogP contribution in [0, 0.1) is 25.2 Å². The van der Waals surface area contributed by atoms with Crippen LogP contribution in [0.3, 0.4) is 0 Å². The summed E-state index contributed by atoms with van der Waals surface area (Å²) in [6.07, 6.45) is 1.42. The lowest BCUT2D eigenvalue weighted by Crippen LogP contribution is -2.16. The Morgan fingerprint density at radius 1 is 1.16 bits per heavy atom. The third kappa shape index (κ3) is 3.83. The minimum Gasteiger partial charge on any atom is -0.494 e. The van der Waals surface area contributed by atoms with Crippen molar-refractivity contribution >= 4 is 22.6 Å². The number of amides is 1. The molecule has 0 aliphatic heterocycles. The van der Waals surface area contributed by atoms with Gasteiger partial charge in [0, 0.05) is 10.9 Å². The Morgan fingerprint density at radius 3 is 2.65 bits per heavy atom. The van der Waals surface area contributed by atoms with Gasteiger partial charge in [-0.05, 0) is 62.2 Å². The van der Waals surface area contributed by atoms with E-state index < -0.39 is 0 Å². The predicted octanol–water partition coefficient (Wildman–Crippen LogP) is 4.56. The van der Waals surface area contributed by atoms with Crippen LogP contribution in [-0.2, 0) is 0 Å². The van der Waals surface area contributed by atoms with E-state index in [4.69, 9.17) is 9.72 Å². The van der Waals surface area contributed by atoms with E-state index >= 15 is 0 Å². The summed E-state index contributed by atoms with van der Waals surface area (Å²) in [4.78, 5) is 17.6. The second-order valence-corrected chi connectivity index (χ2v) is 7.11. The number of aryl methyl sites for hydroxylation is 2. The molecule has 0 saturated carbocycles. The minimum atomic E-state index is -0.352. The zero-order valence-electron chi connectivity index (χ0n) is 17.5. The van der Waals surface area contributed by atoms with E-state index in [9.17, 15) is 10.1 Å². The minimum absolute atomic E-state index is 0.253. The summed E-state index contributed by atoms with van der Waals surface area (Å²) in [5, 5.41) is 17.7. The first-order chi connectivity index (χ1) is 15.0. The fourth-order valence-electron chi connectivity index (χ4n) is 3.43. The molecule has 31 heavy (non-hydrogen) atoms. The molecule has 0 aliphatic carbocycles. The van der Waals surface area contributed by atoms with Gasteiger partial charge < -0.3 is 10.1 Å². The molecule has 0 radical (unpaired) electrons. The molecule has 0 unspecified atom stereocenters. The lowest BCUT2D eigenvalue weighted by molar-refractivity contribution is 0.102. The Hall–Kier alpha value is -4.18. The van der Waals surface area contributed by atoms with Crippen LogP contribution in [0.5, 0.6) is 5.75 Å². The molecule has 2 aromatic carbocycles.